The highest BCUT2D eigenvalue weighted by molar-refractivity contribution is 5.65. The van der Waals surface area contributed by atoms with Crippen LogP contribution >= 0.6 is 0 Å². The molecule has 2 aromatic carbocycles. The first kappa shape index (κ1) is 22.8. The van der Waals surface area contributed by atoms with E-state index in [2.05, 4.69) is 31.4 Å². The highest BCUT2D eigenvalue weighted by Gasteiger charge is 2.35. The predicted octanol–water partition coefficient (Wildman–Crippen LogP) is 8.46. The summed E-state index contributed by atoms with van der Waals surface area (Å²) >= 11 is 0. The molecule has 4 atom stereocenters. The Morgan fingerprint density at radius 1 is 0.844 bits per heavy atom. The summed E-state index contributed by atoms with van der Waals surface area (Å²) in [6.45, 7) is 7.54. The van der Waals surface area contributed by atoms with Crippen molar-refractivity contribution in [3.63, 3.8) is 0 Å². The maximum atomic E-state index is 14.6. The SMILES string of the molecule is C=CCCC1CCC2CC(c3ccc(-c4ccc(OCC=C)c(F)c4F)cc3)CCC2C1. The molecule has 0 amide bonds. The maximum absolute atomic E-state index is 14.6. The largest absolute Gasteiger partial charge is 0.486 e. The van der Waals surface area contributed by atoms with Crippen LogP contribution in [0, 0.1) is 29.4 Å². The maximum Gasteiger partial charge on any atom is 0.201 e. The molecule has 170 valence electrons. The Kier molecular flexibility index (Phi) is 7.44. The zero-order chi connectivity index (χ0) is 22.5. The van der Waals surface area contributed by atoms with Crippen LogP contribution in [0.4, 0.5) is 8.78 Å². The third-order valence-electron chi connectivity index (χ3n) is 7.60. The molecule has 2 saturated carbocycles. The number of rotatable bonds is 8. The first-order valence-electron chi connectivity index (χ1n) is 12.0. The topological polar surface area (TPSA) is 9.23 Å². The van der Waals surface area contributed by atoms with Gasteiger partial charge in [0, 0.05) is 5.56 Å². The monoisotopic (exact) mass is 436 g/mol. The molecule has 0 N–H and O–H groups in total. The molecule has 32 heavy (non-hydrogen) atoms. The van der Waals surface area contributed by atoms with Gasteiger partial charge in [0.15, 0.2) is 11.6 Å². The lowest BCUT2D eigenvalue weighted by atomic mass is 9.63. The molecule has 2 aromatic rings. The second-order valence-corrected chi connectivity index (χ2v) is 9.54. The summed E-state index contributed by atoms with van der Waals surface area (Å²) in [4.78, 5) is 0. The lowest BCUT2D eigenvalue weighted by Gasteiger charge is -2.42. The average Bonchev–Trinajstić information content (AvgIpc) is 2.83. The van der Waals surface area contributed by atoms with Gasteiger partial charge < -0.3 is 4.74 Å². The van der Waals surface area contributed by atoms with Gasteiger partial charge in [0.25, 0.3) is 0 Å². The summed E-state index contributed by atoms with van der Waals surface area (Å²) in [5, 5.41) is 0. The minimum Gasteiger partial charge on any atom is -0.486 e. The van der Waals surface area contributed by atoms with Gasteiger partial charge in [-0.05, 0) is 91.9 Å². The third kappa shape index (κ3) is 4.98. The molecule has 0 heterocycles. The van der Waals surface area contributed by atoms with Crippen LogP contribution in [0.5, 0.6) is 5.75 Å². The van der Waals surface area contributed by atoms with Crippen molar-refractivity contribution in [3.05, 3.63) is 78.9 Å². The normalized spacial score (nSPS) is 25.1. The van der Waals surface area contributed by atoms with Crippen LogP contribution in [0.3, 0.4) is 0 Å². The molecule has 2 fully saturated rings. The highest BCUT2D eigenvalue weighted by Crippen LogP contribution is 2.48. The fourth-order valence-electron chi connectivity index (χ4n) is 5.85. The molecule has 0 spiro atoms. The number of hydrogen-bond donors (Lipinski definition) is 0. The second-order valence-electron chi connectivity index (χ2n) is 9.54. The van der Waals surface area contributed by atoms with Gasteiger partial charge in [-0.1, -0.05) is 49.4 Å². The summed E-state index contributed by atoms with van der Waals surface area (Å²) in [7, 11) is 0. The van der Waals surface area contributed by atoms with Crippen molar-refractivity contribution in [2.24, 2.45) is 17.8 Å². The lowest BCUT2D eigenvalue weighted by molar-refractivity contribution is 0.115. The molecule has 0 radical (unpaired) electrons. The van der Waals surface area contributed by atoms with Crippen LogP contribution in [0.15, 0.2) is 61.7 Å². The average molecular weight is 437 g/mol. The van der Waals surface area contributed by atoms with E-state index in [1.54, 1.807) is 6.07 Å². The molecule has 3 heteroatoms. The van der Waals surface area contributed by atoms with Gasteiger partial charge in [-0.2, -0.15) is 4.39 Å². The van der Waals surface area contributed by atoms with Crippen molar-refractivity contribution >= 4 is 0 Å². The van der Waals surface area contributed by atoms with Crippen molar-refractivity contribution in [3.8, 4) is 16.9 Å². The van der Waals surface area contributed by atoms with E-state index in [9.17, 15) is 8.78 Å². The highest BCUT2D eigenvalue weighted by atomic mass is 19.2. The molecule has 4 rings (SSSR count). The zero-order valence-electron chi connectivity index (χ0n) is 18.9. The van der Waals surface area contributed by atoms with Gasteiger partial charge >= 0.3 is 0 Å². The second kappa shape index (κ2) is 10.5. The molecular formula is C29H34F2O. The van der Waals surface area contributed by atoms with Gasteiger partial charge in [-0.25, -0.2) is 4.39 Å². The van der Waals surface area contributed by atoms with Crippen LogP contribution in [-0.4, -0.2) is 6.61 Å². The Morgan fingerprint density at radius 3 is 2.34 bits per heavy atom. The summed E-state index contributed by atoms with van der Waals surface area (Å²) in [5.41, 5.74) is 2.28. The van der Waals surface area contributed by atoms with Crippen molar-refractivity contribution in [1.29, 1.82) is 0 Å². The molecular weight excluding hydrogens is 402 g/mol. The molecule has 0 aliphatic heterocycles. The predicted molar refractivity (Wildman–Crippen MR) is 128 cm³/mol. The van der Waals surface area contributed by atoms with E-state index in [4.69, 9.17) is 4.74 Å². The molecule has 0 aromatic heterocycles. The minimum atomic E-state index is -0.949. The number of fused-ring (bicyclic) bond motifs is 1. The van der Waals surface area contributed by atoms with E-state index >= 15 is 0 Å². The molecule has 0 bridgehead atoms. The van der Waals surface area contributed by atoms with Gasteiger partial charge in [0.1, 0.15) is 6.61 Å². The Labute approximate surface area is 191 Å². The Morgan fingerprint density at radius 2 is 1.59 bits per heavy atom. The molecule has 2 aliphatic carbocycles. The van der Waals surface area contributed by atoms with Crippen LogP contribution in [-0.2, 0) is 0 Å². The number of ether oxygens (including phenoxy) is 1. The van der Waals surface area contributed by atoms with Crippen LogP contribution in [0.2, 0.25) is 0 Å². The van der Waals surface area contributed by atoms with Crippen molar-refractivity contribution in [2.45, 2.75) is 57.3 Å². The number of hydrogen-bond acceptors (Lipinski definition) is 1. The Balaban J connectivity index is 1.41. The first-order valence-corrected chi connectivity index (χ1v) is 12.0. The van der Waals surface area contributed by atoms with Crippen LogP contribution in [0.1, 0.15) is 62.8 Å². The summed E-state index contributed by atoms with van der Waals surface area (Å²) in [5.74, 6) is 1.28. The minimum absolute atomic E-state index is 0.0845. The standard InChI is InChI=1S/C29H34F2O/c1-3-5-6-20-7-8-25-19-24(14-13-23(25)18-20)21-9-11-22(12-10-21)26-15-16-27(32-17-4-2)29(31)28(26)30/h3-4,9-12,15-16,20,23-25H,1-2,5-8,13-14,17-19H2. The first-order chi connectivity index (χ1) is 15.6. The van der Waals surface area contributed by atoms with Gasteiger partial charge in [0.05, 0.1) is 0 Å². The van der Waals surface area contributed by atoms with E-state index in [1.807, 2.05) is 12.1 Å². The molecule has 1 nitrogen and oxygen atoms in total. The number of allylic oxidation sites excluding steroid dienone is 1. The zero-order valence-corrected chi connectivity index (χ0v) is 18.9. The third-order valence-corrected chi connectivity index (χ3v) is 7.60. The van der Waals surface area contributed by atoms with E-state index in [-0.39, 0.29) is 17.9 Å². The summed E-state index contributed by atoms with van der Waals surface area (Å²) in [6.07, 6.45) is 13.9. The van der Waals surface area contributed by atoms with E-state index < -0.39 is 11.6 Å². The van der Waals surface area contributed by atoms with Gasteiger partial charge in [-0.3, -0.25) is 0 Å². The summed E-state index contributed by atoms with van der Waals surface area (Å²) < 4.78 is 34.2. The van der Waals surface area contributed by atoms with Gasteiger partial charge in [-0.15, -0.1) is 6.58 Å². The van der Waals surface area contributed by atoms with Crippen LogP contribution < -0.4 is 4.74 Å². The fourth-order valence-corrected chi connectivity index (χ4v) is 5.85. The Bertz CT molecular complexity index is 933. The Hall–Kier alpha value is -2.42. The van der Waals surface area contributed by atoms with Crippen molar-refractivity contribution in [2.75, 3.05) is 6.61 Å². The fraction of sp³-hybridized carbons (Fsp3) is 0.448. The summed E-state index contributed by atoms with van der Waals surface area (Å²) in [6, 6.07) is 11.1. The van der Waals surface area contributed by atoms with Crippen LogP contribution in [0.25, 0.3) is 11.1 Å². The van der Waals surface area contributed by atoms with Crippen molar-refractivity contribution in [1.82, 2.24) is 0 Å². The van der Waals surface area contributed by atoms with Gasteiger partial charge in [0.2, 0.25) is 5.82 Å². The smallest absolute Gasteiger partial charge is 0.201 e. The van der Waals surface area contributed by atoms with E-state index in [1.165, 1.54) is 62.7 Å². The van der Waals surface area contributed by atoms with E-state index in [0.29, 0.717) is 11.5 Å². The van der Waals surface area contributed by atoms with Crippen molar-refractivity contribution < 1.29 is 13.5 Å². The van der Waals surface area contributed by atoms with E-state index in [0.717, 1.165) is 24.2 Å². The number of benzene rings is 2. The quantitative estimate of drug-likeness (QED) is 0.377. The molecule has 0 saturated heterocycles. The number of halogens is 2. The molecule has 2 aliphatic rings. The molecule has 4 unspecified atom stereocenters. The lowest BCUT2D eigenvalue weighted by Crippen LogP contribution is -2.30.